The number of hydrogen-bond acceptors (Lipinski definition) is 5. The molecule has 1 amide bonds. The molecule has 0 aliphatic carbocycles. The fourth-order valence-corrected chi connectivity index (χ4v) is 5.54. The van der Waals surface area contributed by atoms with Gasteiger partial charge in [-0.15, -0.1) is 0 Å². The Morgan fingerprint density at radius 3 is 2.57 bits per heavy atom. The summed E-state index contributed by atoms with van der Waals surface area (Å²) in [7, 11) is 1.60. The molecule has 1 saturated heterocycles. The predicted octanol–water partition coefficient (Wildman–Crippen LogP) is 6.07. The quantitative estimate of drug-likeness (QED) is 0.326. The number of aliphatic carboxylic acids is 1. The van der Waals surface area contributed by atoms with Crippen molar-refractivity contribution in [1.29, 1.82) is 0 Å². The van der Waals surface area contributed by atoms with Crippen LogP contribution in [-0.2, 0) is 4.79 Å². The van der Waals surface area contributed by atoms with Gasteiger partial charge in [0.1, 0.15) is 11.6 Å². The summed E-state index contributed by atoms with van der Waals surface area (Å²) in [6.07, 6.45) is 5.04. The van der Waals surface area contributed by atoms with Crippen molar-refractivity contribution in [2.75, 3.05) is 31.6 Å². The molecule has 0 radical (unpaired) electrons. The van der Waals surface area contributed by atoms with Gasteiger partial charge >= 0.3 is 5.97 Å². The molecular formula is C29H34BrN3O4. The number of ether oxygens (including phenoxy) is 1. The molecule has 0 spiro atoms. The van der Waals surface area contributed by atoms with E-state index in [1.165, 1.54) is 12.8 Å². The highest BCUT2D eigenvalue weighted by Gasteiger charge is 2.24. The van der Waals surface area contributed by atoms with E-state index in [4.69, 9.17) is 9.72 Å². The minimum Gasteiger partial charge on any atom is -0.496 e. The van der Waals surface area contributed by atoms with E-state index in [1.54, 1.807) is 7.11 Å². The highest BCUT2D eigenvalue weighted by atomic mass is 79.9. The van der Waals surface area contributed by atoms with Crippen LogP contribution in [0.25, 0.3) is 10.9 Å². The number of carboxylic acid groups (broad SMARTS) is 1. The standard InChI is InChI=1S/C29H34BrN3O4/c1-19-27(23-17-21(30)12-13-24(23)32-28(19)33-15-7-3-4-8-16-33)29(36)31-18-20(11-14-26(34)35)22-9-5-6-10-25(22)37-2/h5-6,9-10,12-13,17,20H,3-4,7-8,11,14-16,18H2,1-2H3,(H,31,36)(H,34,35)/t20-/m0/s1. The van der Waals surface area contributed by atoms with Crippen LogP contribution in [0.3, 0.4) is 0 Å². The van der Waals surface area contributed by atoms with Crippen LogP contribution in [0.5, 0.6) is 5.75 Å². The van der Waals surface area contributed by atoms with Crippen LogP contribution in [0.4, 0.5) is 5.82 Å². The van der Waals surface area contributed by atoms with Gasteiger partial charge in [0, 0.05) is 47.4 Å². The van der Waals surface area contributed by atoms with Gasteiger partial charge in [-0.2, -0.15) is 0 Å². The second kappa shape index (κ2) is 12.4. The third-order valence-electron chi connectivity index (χ3n) is 7.09. The monoisotopic (exact) mass is 567 g/mol. The molecule has 1 aliphatic rings. The molecular weight excluding hydrogens is 534 g/mol. The lowest BCUT2D eigenvalue weighted by molar-refractivity contribution is -0.137. The number of methoxy groups -OCH3 is 1. The number of aromatic nitrogens is 1. The lowest BCUT2D eigenvalue weighted by Crippen LogP contribution is -2.31. The molecule has 0 bridgehead atoms. The maximum absolute atomic E-state index is 13.8. The van der Waals surface area contributed by atoms with E-state index in [-0.39, 0.29) is 18.2 Å². The van der Waals surface area contributed by atoms with E-state index < -0.39 is 5.97 Å². The van der Waals surface area contributed by atoms with Crippen molar-refractivity contribution in [2.45, 2.75) is 51.4 Å². The Morgan fingerprint density at radius 2 is 1.86 bits per heavy atom. The molecule has 37 heavy (non-hydrogen) atoms. The van der Waals surface area contributed by atoms with E-state index in [0.29, 0.717) is 24.3 Å². The van der Waals surface area contributed by atoms with Crippen LogP contribution < -0.4 is 15.0 Å². The molecule has 1 atom stereocenters. The Labute approximate surface area is 226 Å². The van der Waals surface area contributed by atoms with Gasteiger partial charge in [-0.25, -0.2) is 4.98 Å². The van der Waals surface area contributed by atoms with Crippen molar-refractivity contribution < 1.29 is 19.4 Å². The molecule has 1 fully saturated rings. The van der Waals surface area contributed by atoms with E-state index in [0.717, 1.165) is 58.3 Å². The fourth-order valence-electron chi connectivity index (χ4n) is 5.17. The molecule has 4 rings (SSSR count). The van der Waals surface area contributed by atoms with Crippen LogP contribution >= 0.6 is 15.9 Å². The third kappa shape index (κ3) is 6.42. The first-order valence-corrected chi connectivity index (χ1v) is 13.7. The van der Waals surface area contributed by atoms with Crippen molar-refractivity contribution in [3.63, 3.8) is 0 Å². The molecule has 0 unspecified atom stereocenters. The number of para-hydroxylation sites is 1. The number of carboxylic acids is 1. The van der Waals surface area contributed by atoms with Gasteiger partial charge in [-0.05, 0) is 56.0 Å². The Hall–Kier alpha value is -3.13. The molecule has 7 nitrogen and oxygen atoms in total. The lowest BCUT2D eigenvalue weighted by atomic mass is 9.93. The van der Waals surface area contributed by atoms with Crippen molar-refractivity contribution >= 4 is 44.5 Å². The molecule has 2 heterocycles. The molecule has 8 heteroatoms. The lowest BCUT2D eigenvalue weighted by Gasteiger charge is -2.26. The number of benzene rings is 2. The first-order valence-electron chi connectivity index (χ1n) is 12.9. The highest BCUT2D eigenvalue weighted by molar-refractivity contribution is 9.10. The number of amides is 1. The van der Waals surface area contributed by atoms with Gasteiger partial charge in [0.15, 0.2) is 0 Å². The van der Waals surface area contributed by atoms with Gasteiger partial charge in [-0.1, -0.05) is 47.0 Å². The van der Waals surface area contributed by atoms with Gasteiger partial charge in [0.2, 0.25) is 0 Å². The fraction of sp³-hybridized carbons (Fsp3) is 0.414. The molecule has 1 aromatic heterocycles. The van der Waals surface area contributed by atoms with Crippen molar-refractivity contribution in [3.05, 3.63) is 63.6 Å². The zero-order valence-corrected chi connectivity index (χ0v) is 23.0. The summed E-state index contributed by atoms with van der Waals surface area (Å²) in [4.78, 5) is 32.4. The van der Waals surface area contributed by atoms with E-state index in [1.807, 2.05) is 49.4 Å². The SMILES string of the molecule is COc1ccccc1[C@@H](CCC(=O)O)CNC(=O)c1c(C)c(N2CCCCCC2)nc2ccc(Br)cc12. The Bertz CT molecular complexity index is 1270. The topological polar surface area (TPSA) is 91.8 Å². The van der Waals surface area contributed by atoms with Crippen LogP contribution in [0.2, 0.25) is 0 Å². The van der Waals surface area contributed by atoms with Gasteiger partial charge in [0.25, 0.3) is 5.91 Å². The first kappa shape index (κ1) is 26.9. The number of nitrogens with one attached hydrogen (secondary N) is 1. The first-order chi connectivity index (χ1) is 17.9. The number of fused-ring (bicyclic) bond motifs is 1. The number of nitrogens with zero attached hydrogens (tertiary/aromatic N) is 2. The molecule has 1 aliphatic heterocycles. The smallest absolute Gasteiger partial charge is 0.303 e. The summed E-state index contributed by atoms with van der Waals surface area (Å²) >= 11 is 3.55. The van der Waals surface area contributed by atoms with Crippen LogP contribution in [-0.4, -0.2) is 48.7 Å². The largest absolute Gasteiger partial charge is 0.496 e. The summed E-state index contributed by atoms with van der Waals surface area (Å²) in [6.45, 7) is 4.14. The van der Waals surface area contributed by atoms with Gasteiger partial charge in [-0.3, -0.25) is 9.59 Å². The Kier molecular flexibility index (Phi) is 9.03. The minimum atomic E-state index is -0.867. The Balaban J connectivity index is 1.68. The van der Waals surface area contributed by atoms with E-state index in [9.17, 15) is 14.7 Å². The number of anilines is 1. The average molecular weight is 569 g/mol. The molecule has 196 valence electrons. The average Bonchev–Trinajstić information content (AvgIpc) is 3.17. The number of halogens is 1. The predicted molar refractivity (Wildman–Crippen MR) is 150 cm³/mol. The number of hydrogen-bond donors (Lipinski definition) is 2. The molecule has 0 saturated carbocycles. The summed E-state index contributed by atoms with van der Waals surface area (Å²) in [5.41, 5.74) is 3.15. The van der Waals surface area contributed by atoms with Crippen molar-refractivity contribution in [3.8, 4) is 5.75 Å². The Morgan fingerprint density at radius 1 is 1.14 bits per heavy atom. The van der Waals surface area contributed by atoms with Crippen LogP contribution in [0.15, 0.2) is 46.9 Å². The summed E-state index contributed by atoms with van der Waals surface area (Å²) in [5.74, 6) is 0.295. The minimum absolute atomic E-state index is 0.00184. The maximum Gasteiger partial charge on any atom is 0.303 e. The van der Waals surface area contributed by atoms with Crippen molar-refractivity contribution in [2.24, 2.45) is 0 Å². The molecule has 3 aromatic rings. The maximum atomic E-state index is 13.8. The third-order valence-corrected chi connectivity index (χ3v) is 7.59. The zero-order valence-electron chi connectivity index (χ0n) is 21.4. The second-order valence-electron chi connectivity index (χ2n) is 9.58. The molecule has 2 N–H and O–H groups in total. The van der Waals surface area contributed by atoms with Crippen molar-refractivity contribution in [1.82, 2.24) is 10.3 Å². The van der Waals surface area contributed by atoms with Gasteiger partial charge < -0.3 is 20.1 Å². The molecule has 2 aromatic carbocycles. The highest BCUT2D eigenvalue weighted by Crippen LogP contribution is 2.33. The zero-order chi connectivity index (χ0) is 26.4. The van der Waals surface area contributed by atoms with E-state index >= 15 is 0 Å². The number of rotatable bonds is 9. The van der Waals surface area contributed by atoms with E-state index in [2.05, 4.69) is 26.1 Å². The summed E-state index contributed by atoms with van der Waals surface area (Å²) < 4.78 is 6.41. The van der Waals surface area contributed by atoms with Crippen LogP contribution in [0, 0.1) is 6.92 Å². The number of carbonyl (C=O) groups excluding carboxylic acids is 1. The summed E-state index contributed by atoms with van der Waals surface area (Å²) in [6, 6.07) is 13.4. The van der Waals surface area contributed by atoms with Gasteiger partial charge in [0.05, 0.1) is 18.2 Å². The normalized spacial score (nSPS) is 14.7. The van der Waals surface area contributed by atoms with Crippen LogP contribution in [0.1, 0.15) is 65.9 Å². The number of pyridine rings is 1. The number of carbonyl (C=O) groups is 2. The summed E-state index contributed by atoms with van der Waals surface area (Å²) in [5, 5.41) is 13.2. The second-order valence-corrected chi connectivity index (χ2v) is 10.5.